The van der Waals surface area contributed by atoms with Crippen LogP contribution in [0.2, 0.25) is 0 Å². The molecule has 174 valence electrons. The minimum atomic E-state index is -3.70. The summed E-state index contributed by atoms with van der Waals surface area (Å²) < 4.78 is 32.2. The molecule has 2 aromatic rings. The third kappa shape index (κ3) is 4.69. The Labute approximate surface area is 191 Å². The Morgan fingerprint density at radius 3 is 2.36 bits per heavy atom. The molecule has 1 saturated heterocycles. The van der Waals surface area contributed by atoms with Crippen LogP contribution in [-0.4, -0.2) is 74.7 Å². The molecule has 10 nitrogen and oxygen atoms in total. The Morgan fingerprint density at radius 1 is 1.03 bits per heavy atom. The Hall–Kier alpha value is -3.44. The number of piperazine rings is 1. The summed E-state index contributed by atoms with van der Waals surface area (Å²) in [7, 11) is -2.19. The van der Waals surface area contributed by atoms with E-state index in [1.165, 1.54) is 28.4 Å². The Morgan fingerprint density at radius 2 is 1.70 bits per heavy atom. The second-order valence-corrected chi connectivity index (χ2v) is 9.66. The van der Waals surface area contributed by atoms with Gasteiger partial charge in [-0.3, -0.25) is 14.4 Å². The third-order valence-electron chi connectivity index (χ3n) is 5.72. The Balaban J connectivity index is 1.36. The molecule has 0 aromatic heterocycles. The van der Waals surface area contributed by atoms with Gasteiger partial charge in [-0.15, -0.1) is 0 Å². The van der Waals surface area contributed by atoms with Crippen LogP contribution in [0.4, 0.5) is 5.69 Å². The quantitative estimate of drug-likeness (QED) is 0.659. The van der Waals surface area contributed by atoms with E-state index < -0.39 is 27.9 Å². The van der Waals surface area contributed by atoms with Crippen molar-refractivity contribution in [2.24, 2.45) is 0 Å². The second-order valence-electron chi connectivity index (χ2n) is 7.73. The molecule has 2 aliphatic rings. The molecule has 2 aromatic carbocycles. The molecule has 0 unspecified atom stereocenters. The van der Waals surface area contributed by atoms with Crippen LogP contribution in [-0.2, 0) is 19.6 Å². The largest absolute Gasteiger partial charge is 0.497 e. The maximum atomic E-state index is 12.9. The van der Waals surface area contributed by atoms with Gasteiger partial charge in [0.15, 0.2) is 0 Å². The molecule has 0 radical (unpaired) electrons. The number of sulfonamides is 1. The topological polar surface area (TPSA) is 125 Å². The van der Waals surface area contributed by atoms with Crippen LogP contribution in [0.15, 0.2) is 53.4 Å². The molecule has 2 aliphatic heterocycles. The standard InChI is InChI=1S/C22H24N4O6S/c1-32-15-6-8-16(9-7-15)33(30,31)26-12-10-25(11-13-26)20(27)14-19-22(29)23-18-5-3-2-4-17(18)21(28)24-19/h2-9,19H,10-14H2,1H3,(H,23,29)(H,24,28)/t19-/m1/s1. The lowest BCUT2D eigenvalue weighted by molar-refractivity contribution is -0.134. The summed E-state index contributed by atoms with van der Waals surface area (Å²) in [5, 5.41) is 5.28. The predicted octanol–water partition coefficient (Wildman–Crippen LogP) is 0.669. The van der Waals surface area contributed by atoms with Gasteiger partial charge < -0.3 is 20.3 Å². The lowest BCUT2D eigenvalue weighted by Gasteiger charge is -2.34. The summed E-state index contributed by atoms with van der Waals surface area (Å²) in [4.78, 5) is 39.5. The van der Waals surface area contributed by atoms with Gasteiger partial charge in [-0.1, -0.05) is 12.1 Å². The van der Waals surface area contributed by atoms with Gasteiger partial charge in [0.25, 0.3) is 5.91 Å². The van der Waals surface area contributed by atoms with Crippen molar-refractivity contribution < 1.29 is 27.5 Å². The number of anilines is 1. The first kappa shape index (κ1) is 22.7. The van der Waals surface area contributed by atoms with E-state index in [1.807, 2.05) is 0 Å². The fourth-order valence-corrected chi connectivity index (χ4v) is 5.26. The number of methoxy groups -OCH3 is 1. The van der Waals surface area contributed by atoms with E-state index in [4.69, 9.17) is 4.74 Å². The lowest BCUT2D eigenvalue weighted by atomic mass is 10.1. The maximum Gasteiger partial charge on any atom is 0.254 e. The normalized spacial score (nSPS) is 19.2. The van der Waals surface area contributed by atoms with Gasteiger partial charge in [-0.25, -0.2) is 8.42 Å². The molecular weight excluding hydrogens is 448 g/mol. The summed E-state index contributed by atoms with van der Waals surface area (Å²) in [5.41, 5.74) is 0.727. The molecule has 33 heavy (non-hydrogen) atoms. The molecule has 2 heterocycles. The van der Waals surface area contributed by atoms with Crippen LogP contribution >= 0.6 is 0 Å². The minimum absolute atomic E-state index is 0.134. The fraction of sp³-hybridized carbons (Fsp3) is 0.318. The highest BCUT2D eigenvalue weighted by atomic mass is 32.2. The molecule has 1 fully saturated rings. The first-order valence-electron chi connectivity index (χ1n) is 10.4. The van der Waals surface area contributed by atoms with Crippen molar-refractivity contribution in [3.8, 4) is 5.75 Å². The number of nitrogens with one attached hydrogen (secondary N) is 2. The SMILES string of the molecule is COc1ccc(S(=O)(=O)N2CCN(C(=O)C[C@H]3NC(=O)c4ccccc4NC3=O)CC2)cc1. The number of ether oxygens (including phenoxy) is 1. The number of fused-ring (bicyclic) bond motifs is 1. The molecule has 11 heteroatoms. The lowest BCUT2D eigenvalue weighted by Crippen LogP contribution is -2.52. The minimum Gasteiger partial charge on any atom is -0.497 e. The van der Waals surface area contributed by atoms with Crippen molar-refractivity contribution in [3.05, 3.63) is 54.1 Å². The van der Waals surface area contributed by atoms with Gasteiger partial charge in [0.1, 0.15) is 11.8 Å². The third-order valence-corrected chi connectivity index (χ3v) is 7.63. The molecule has 0 aliphatic carbocycles. The van der Waals surface area contributed by atoms with Crippen LogP contribution in [0.25, 0.3) is 0 Å². The smallest absolute Gasteiger partial charge is 0.254 e. The van der Waals surface area contributed by atoms with E-state index in [-0.39, 0.29) is 43.4 Å². The monoisotopic (exact) mass is 472 g/mol. The fourth-order valence-electron chi connectivity index (χ4n) is 3.83. The van der Waals surface area contributed by atoms with Crippen LogP contribution in [0.1, 0.15) is 16.8 Å². The van der Waals surface area contributed by atoms with E-state index in [9.17, 15) is 22.8 Å². The number of carbonyl (C=O) groups is 3. The summed E-state index contributed by atoms with van der Waals surface area (Å²) in [5.74, 6) is -0.676. The van der Waals surface area contributed by atoms with Crippen LogP contribution < -0.4 is 15.4 Å². The van der Waals surface area contributed by atoms with Crippen LogP contribution in [0.3, 0.4) is 0 Å². The highest BCUT2D eigenvalue weighted by molar-refractivity contribution is 7.89. The Bertz CT molecular complexity index is 1170. The van der Waals surface area contributed by atoms with E-state index in [2.05, 4.69) is 10.6 Å². The van der Waals surface area contributed by atoms with Crippen molar-refractivity contribution in [1.82, 2.24) is 14.5 Å². The van der Waals surface area contributed by atoms with E-state index in [0.717, 1.165) is 0 Å². The zero-order chi connectivity index (χ0) is 23.6. The first-order chi connectivity index (χ1) is 15.8. The number of carbonyl (C=O) groups excluding carboxylic acids is 3. The maximum absolute atomic E-state index is 12.9. The highest BCUT2D eigenvalue weighted by Gasteiger charge is 2.34. The second kappa shape index (κ2) is 9.20. The van der Waals surface area contributed by atoms with E-state index in [1.54, 1.807) is 36.4 Å². The van der Waals surface area contributed by atoms with Gasteiger partial charge in [0, 0.05) is 26.2 Å². The number of rotatable bonds is 5. The molecule has 1 atom stereocenters. The predicted molar refractivity (Wildman–Crippen MR) is 119 cm³/mol. The number of amides is 3. The molecule has 0 bridgehead atoms. The van der Waals surface area contributed by atoms with E-state index in [0.29, 0.717) is 17.0 Å². The first-order valence-corrected chi connectivity index (χ1v) is 11.9. The van der Waals surface area contributed by atoms with E-state index >= 15 is 0 Å². The van der Waals surface area contributed by atoms with Gasteiger partial charge in [0.2, 0.25) is 21.8 Å². The van der Waals surface area contributed by atoms with Gasteiger partial charge in [-0.2, -0.15) is 4.31 Å². The molecule has 4 rings (SSSR count). The number of hydrogen-bond donors (Lipinski definition) is 2. The summed E-state index contributed by atoms with van der Waals surface area (Å²) in [6.07, 6.45) is -0.212. The van der Waals surface area contributed by atoms with Crippen molar-refractivity contribution in [3.63, 3.8) is 0 Å². The number of hydrogen-bond acceptors (Lipinski definition) is 6. The van der Waals surface area contributed by atoms with Crippen LogP contribution in [0, 0.1) is 0 Å². The van der Waals surface area contributed by atoms with Crippen molar-refractivity contribution in [1.29, 1.82) is 0 Å². The molecule has 2 N–H and O–H groups in total. The molecular formula is C22H24N4O6S. The zero-order valence-corrected chi connectivity index (χ0v) is 18.8. The summed E-state index contributed by atoms with van der Waals surface area (Å²) in [6.45, 7) is 0.650. The highest BCUT2D eigenvalue weighted by Crippen LogP contribution is 2.22. The van der Waals surface area contributed by atoms with Gasteiger partial charge in [-0.05, 0) is 36.4 Å². The van der Waals surface area contributed by atoms with Crippen molar-refractivity contribution >= 4 is 33.4 Å². The summed E-state index contributed by atoms with van der Waals surface area (Å²) in [6, 6.07) is 11.7. The average Bonchev–Trinajstić information content (AvgIpc) is 2.95. The van der Waals surface area contributed by atoms with Gasteiger partial charge in [0.05, 0.1) is 29.7 Å². The average molecular weight is 473 g/mol. The van der Waals surface area contributed by atoms with Crippen LogP contribution in [0.5, 0.6) is 5.75 Å². The summed E-state index contributed by atoms with van der Waals surface area (Å²) >= 11 is 0. The molecule has 3 amide bonds. The van der Waals surface area contributed by atoms with Gasteiger partial charge >= 0.3 is 0 Å². The number of benzene rings is 2. The number of para-hydroxylation sites is 1. The zero-order valence-electron chi connectivity index (χ0n) is 18.0. The number of nitrogens with zero attached hydrogens (tertiary/aromatic N) is 2. The molecule has 0 saturated carbocycles. The Kier molecular flexibility index (Phi) is 6.34. The van der Waals surface area contributed by atoms with Crippen molar-refractivity contribution in [2.45, 2.75) is 17.4 Å². The van der Waals surface area contributed by atoms with Crippen molar-refractivity contribution in [2.75, 3.05) is 38.6 Å². The molecule has 0 spiro atoms.